The Hall–Kier alpha value is -2.82. The highest BCUT2D eigenvalue weighted by molar-refractivity contribution is 6.00. The lowest BCUT2D eigenvalue weighted by Gasteiger charge is -2.16. The summed E-state index contributed by atoms with van der Waals surface area (Å²) in [6.45, 7) is 1.62. The van der Waals surface area contributed by atoms with Gasteiger partial charge in [0.15, 0.2) is 6.10 Å². The van der Waals surface area contributed by atoms with Gasteiger partial charge in [0.25, 0.3) is 5.91 Å². The van der Waals surface area contributed by atoms with Crippen LogP contribution in [-0.2, 0) is 0 Å². The van der Waals surface area contributed by atoms with Gasteiger partial charge in [-0.25, -0.2) is 0 Å². The Labute approximate surface area is 128 Å². The molecule has 2 N–H and O–H groups in total. The fourth-order valence-electron chi connectivity index (χ4n) is 2.01. The first-order valence-corrected chi connectivity index (χ1v) is 6.76. The van der Waals surface area contributed by atoms with E-state index in [1.165, 1.54) is 19.2 Å². The number of benzene rings is 2. The van der Waals surface area contributed by atoms with E-state index >= 15 is 0 Å². The van der Waals surface area contributed by atoms with Crippen molar-refractivity contribution in [3.63, 3.8) is 0 Å². The second-order valence-electron chi connectivity index (χ2n) is 4.72. The maximum Gasteiger partial charge on any atom is 0.252 e. The molecule has 0 bridgehead atoms. The zero-order chi connectivity index (χ0) is 16.1. The molecule has 0 aromatic heterocycles. The standard InChI is InChI=1S/C17H17NO4/c1-11(16(19)12-6-4-3-5-7-12)22-15-10-13(21-2)8-9-14(15)17(18)20/h3-11H,1-2H3,(H2,18,20)/t11-/m1/s1. The van der Waals surface area contributed by atoms with Crippen molar-refractivity contribution in [3.05, 3.63) is 59.7 Å². The van der Waals surface area contributed by atoms with Crippen molar-refractivity contribution in [2.75, 3.05) is 7.11 Å². The summed E-state index contributed by atoms with van der Waals surface area (Å²) in [6, 6.07) is 13.5. The molecule has 0 unspecified atom stereocenters. The molecule has 0 heterocycles. The number of hydrogen-bond acceptors (Lipinski definition) is 4. The lowest BCUT2D eigenvalue weighted by Crippen LogP contribution is -2.25. The van der Waals surface area contributed by atoms with E-state index in [0.29, 0.717) is 11.3 Å². The van der Waals surface area contributed by atoms with Crippen LogP contribution in [0.4, 0.5) is 0 Å². The molecule has 0 aliphatic heterocycles. The second-order valence-corrected chi connectivity index (χ2v) is 4.72. The van der Waals surface area contributed by atoms with Crippen LogP contribution in [0, 0.1) is 0 Å². The monoisotopic (exact) mass is 299 g/mol. The highest BCUT2D eigenvalue weighted by atomic mass is 16.5. The molecule has 1 amide bonds. The minimum Gasteiger partial charge on any atom is -0.497 e. The van der Waals surface area contributed by atoms with Crippen LogP contribution in [-0.4, -0.2) is 24.9 Å². The quantitative estimate of drug-likeness (QED) is 0.831. The third-order valence-electron chi connectivity index (χ3n) is 3.19. The van der Waals surface area contributed by atoms with Gasteiger partial charge in [0.1, 0.15) is 11.5 Å². The van der Waals surface area contributed by atoms with Gasteiger partial charge in [0.05, 0.1) is 12.7 Å². The van der Waals surface area contributed by atoms with Gasteiger partial charge in [-0.3, -0.25) is 9.59 Å². The van der Waals surface area contributed by atoms with Gasteiger partial charge in [0.2, 0.25) is 5.78 Å². The zero-order valence-corrected chi connectivity index (χ0v) is 12.4. The van der Waals surface area contributed by atoms with Gasteiger partial charge < -0.3 is 15.2 Å². The molecular weight excluding hydrogens is 282 g/mol. The van der Waals surface area contributed by atoms with E-state index in [1.807, 2.05) is 6.07 Å². The summed E-state index contributed by atoms with van der Waals surface area (Å²) in [5.41, 5.74) is 6.07. The Morgan fingerprint density at radius 3 is 2.36 bits per heavy atom. The van der Waals surface area contributed by atoms with Crippen LogP contribution in [0.5, 0.6) is 11.5 Å². The van der Waals surface area contributed by atoms with E-state index < -0.39 is 12.0 Å². The molecule has 5 heteroatoms. The third kappa shape index (κ3) is 3.44. The molecule has 2 aromatic carbocycles. The van der Waals surface area contributed by atoms with Gasteiger partial charge in [0, 0.05) is 11.6 Å². The molecule has 0 saturated heterocycles. The highest BCUT2D eigenvalue weighted by Gasteiger charge is 2.20. The van der Waals surface area contributed by atoms with Crippen LogP contribution < -0.4 is 15.2 Å². The van der Waals surface area contributed by atoms with Gasteiger partial charge in [-0.05, 0) is 19.1 Å². The van der Waals surface area contributed by atoms with Gasteiger partial charge in [-0.1, -0.05) is 30.3 Å². The fraction of sp³-hybridized carbons (Fsp3) is 0.176. The molecule has 0 aliphatic carbocycles. The predicted octanol–water partition coefficient (Wildman–Crippen LogP) is 2.44. The summed E-state index contributed by atoms with van der Waals surface area (Å²) >= 11 is 0. The topological polar surface area (TPSA) is 78.6 Å². The number of ketones is 1. The van der Waals surface area contributed by atoms with Crippen LogP contribution >= 0.6 is 0 Å². The van der Waals surface area contributed by atoms with E-state index in [4.69, 9.17) is 15.2 Å². The predicted molar refractivity (Wildman–Crippen MR) is 82.4 cm³/mol. The van der Waals surface area contributed by atoms with Crippen molar-refractivity contribution >= 4 is 11.7 Å². The number of hydrogen-bond donors (Lipinski definition) is 1. The Kier molecular flexibility index (Phi) is 4.78. The number of primary amides is 1. The van der Waals surface area contributed by atoms with Crippen molar-refractivity contribution in [2.45, 2.75) is 13.0 Å². The van der Waals surface area contributed by atoms with Crippen molar-refractivity contribution in [3.8, 4) is 11.5 Å². The zero-order valence-electron chi connectivity index (χ0n) is 12.4. The molecule has 2 aromatic rings. The molecule has 0 fully saturated rings. The average Bonchev–Trinajstić information content (AvgIpc) is 2.54. The number of methoxy groups -OCH3 is 1. The summed E-state index contributed by atoms with van der Waals surface area (Å²) in [4.78, 5) is 23.8. The molecule has 0 spiro atoms. The minimum atomic E-state index is -0.757. The molecule has 0 aliphatic rings. The smallest absolute Gasteiger partial charge is 0.252 e. The Morgan fingerprint density at radius 2 is 1.77 bits per heavy atom. The molecule has 5 nitrogen and oxygen atoms in total. The van der Waals surface area contributed by atoms with E-state index in [0.717, 1.165) is 0 Å². The normalized spacial score (nSPS) is 11.5. The Morgan fingerprint density at radius 1 is 1.09 bits per heavy atom. The molecule has 114 valence electrons. The summed E-state index contributed by atoms with van der Waals surface area (Å²) in [5.74, 6) is -0.0705. The average molecular weight is 299 g/mol. The number of ether oxygens (including phenoxy) is 2. The molecular formula is C17H17NO4. The van der Waals surface area contributed by atoms with Crippen molar-refractivity contribution in [2.24, 2.45) is 5.73 Å². The van der Waals surface area contributed by atoms with Gasteiger partial charge >= 0.3 is 0 Å². The summed E-state index contributed by atoms with van der Waals surface area (Å²) in [7, 11) is 1.50. The van der Waals surface area contributed by atoms with Crippen molar-refractivity contribution in [1.29, 1.82) is 0 Å². The number of nitrogens with two attached hydrogens (primary N) is 1. The number of carbonyl (C=O) groups is 2. The van der Waals surface area contributed by atoms with E-state index in [9.17, 15) is 9.59 Å². The number of carbonyl (C=O) groups excluding carboxylic acids is 2. The van der Waals surface area contributed by atoms with E-state index in [1.54, 1.807) is 37.3 Å². The van der Waals surface area contributed by atoms with Gasteiger partial charge in [-0.15, -0.1) is 0 Å². The second kappa shape index (κ2) is 6.76. The van der Waals surface area contributed by atoms with Gasteiger partial charge in [-0.2, -0.15) is 0 Å². The summed E-state index contributed by atoms with van der Waals surface area (Å²) < 4.78 is 10.7. The molecule has 0 saturated carbocycles. The van der Waals surface area contributed by atoms with Crippen molar-refractivity contribution < 1.29 is 19.1 Å². The summed E-state index contributed by atoms with van der Waals surface area (Å²) in [6.07, 6.45) is -0.757. The first-order valence-electron chi connectivity index (χ1n) is 6.76. The third-order valence-corrected chi connectivity index (χ3v) is 3.19. The van der Waals surface area contributed by atoms with Crippen LogP contribution in [0.2, 0.25) is 0 Å². The lowest BCUT2D eigenvalue weighted by molar-refractivity contribution is 0.0810. The maximum absolute atomic E-state index is 12.3. The van der Waals surface area contributed by atoms with E-state index in [-0.39, 0.29) is 17.1 Å². The van der Waals surface area contributed by atoms with Crippen molar-refractivity contribution in [1.82, 2.24) is 0 Å². The fourth-order valence-corrected chi connectivity index (χ4v) is 2.01. The molecule has 1 atom stereocenters. The van der Waals surface area contributed by atoms with Crippen LogP contribution in [0.25, 0.3) is 0 Å². The number of Topliss-reactive ketones (excluding diaryl/α,β-unsaturated/α-hetero) is 1. The van der Waals surface area contributed by atoms with Crippen LogP contribution in [0.1, 0.15) is 27.6 Å². The lowest BCUT2D eigenvalue weighted by atomic mass is 10.1. The van der Waals surface area contributed by atoms with Crippen LogP contribution in [0.3, 0.4) is 0 Å². The number of amides is 1. The number of rotatable bonds is 6. The highest BCUT2D eigenvalue weighted by Crippen LogP contribution is 2.26. The Balaban J connectivity index is 2.25. The molecule has 22 heavy (non-hydrogen) atoms. The summed E-state index contributed by atoms with van der Waals surface area (Å²) in [5, 5.41) is 0. The van der Waals surface area contributed by atoms with Crippen LogP contribution in [0.15, 0.2) is 48.5 Å². The molecule has 0 radical (unpaired) electrons. The SMILES string of the molecule is COc1ccc(C(N)=O)c(O[C@H](C)C(=O)c2ccccc2)c1. The maximum atomic E-state index is 12.3. The Bertz CT molecular complexity index is 682. The first kappa shape index (κ1) is 15.6. The van der Waals surface area contributed by atoms with E-state index in [2.05, 4.69) is 0 Å². The first-order chi connectivity index (χ1) is 10.5. The molecule has 2 rings (SSSR count). The minimum absolute atomic E-state index is 0.182. The largest absolute Gasteiger partial charge is 0.497 e.